The summed E-state index contributed by atoms with van der Waals surface area (Å²) in [6, 6.07) is 4.01. The van der Waals surface area contributed by atoms with Crippen LogP contribution < -0.4 is 20.5 Å². The number of aryl methyl sites for hydroxylation is 1. The lowest BCUT2D eigenvalue weighted by Gasteiger charge is -2.27. The van der Waals surface area contributed by atoms with Crippen LogP contribution in [-0.2, 0) is 10.2 Å². The zero-order valence-corrected chi connectivity index (χ0v) is 11.6. The molecule has 0 saturated heterocycles. The highest BCUT2D eigenvalue weighted by atomic mass is 16.7. The van der Waals surface area contributed by atoms with Gasteiger partial charge >= 0.3 is 0 Å². The topological polar surface area (TPSA) is 73.6 Å². The second-order valence-electron chi connectivity index (χ2n) is 5.47. The average Bonchev–Trinajstić information content (AvgIpc) is 2.73. The van der Waals surface area contributed by atoms with E-state index in [9.17, 15) is 4.79 Å². The number of carbonyl (C=O) groups excluding carboxylic acids is 1. The number of nitrogens with one attached hydrogen (secondary N) is 1. The van der Waals surface area contributed by atoms with E-state index in [0.29, 0.717) is 6.54 Å². The number of carbonyl (C=O) groups is 1. The van der Waals surface area contributed by atoms with E-state index in [1.165, 1.54) is 5.56 Å². The normalized spacial score (nSPS) is 13.6. The Morgan fingerprint density at radius 1 is 1.37 bits per heavy atom. The van der Waals surface area contributed by atoms with Crippen LogP contribution in [0.15, 0.2) is 12.1 Å². The fourth-order valence-electron chi connectivity index (χ4n) is 2.37. The first kappa shape index (κ1) is 13.7. The number of ether oxygens (including phenoxy) is 2. The van der Waals surface area contributed by atoms with Crippen LogP contribution in [0.25, 0.3) is 0 Å². The van der Waals surface area contributed by atoms with E-state index in [-0.39, 0.29) is 24.7 Å². The average molecular weight is 264 g/mol. The first-order chi connectivity index (χ1) is 8.90. The number of benzene rings is 1. The molecule has 1 aliphatic rings. The highest BCUT2D eigenvalue weighted by Crippen LogP contribution is 2.38. The molecule has 1 aromatic rings. The van der Waals surface area contributed by atoms with Gasteiger partial charge in [0.05, 0.1) is 6.54 Å². The molecule has 0 aromatic heterocycles. The number of fused-ring (bicyclic) bond motifs is 1. The van der Waals surface area contributed by atoms with Crippen LogP contribution >= 0.6 is 0 Å². The van der Waals surface area contributed by atoms with Gasteiger partial charge in [-0.3, -0.25) is 4.79 Å². The second kappa shape index (κ2) is 5.09. The van der Waals surface area contributed by atoms with Crippen molar-refractivity contribution in [3.8, 4) is 11.5 Å². The lowest BCUT2D eigenvalue weighted by Crippen LogP contribution is -2.38. The van der Waals surface area contributed by atoms with Gasteiger partial charge in [-0.1, -0.05) is 13.8 Å². The number of nitrogens with two attached hydrogens (primary N) is 1. The number of amides is 1. The highest BCUT2D eigenvalue weighted by molar-refractivity contribution is 5.75. The van der Waals surface area contributed by atoms with Crippen molar-refractivity contribution in [1.82, 2.24) is 5.32 Å². The molecule has 5 heteroatoms. The summed E-state index contributed by atoms with van der Waals surface area (Å²) >= 11 is 0. The van der Waals surface area contributed by atoms with E-state index in [0.717, 1.165) is 17.1 Å². The molecule has 1 aromatic carbocycles. The summed E-state index contributed by atoms with van der Waals surface area (Å²) in [7, 11) is 0. The third kappa shape index (κ3) is 2.98. The number of rotatable bonds is 5. The minimum absolute atomic E-state index is 0.124. The maximum Gasteiger partial charge on any atom is 0.231 e. The number of hydrogen-bond donors (Lipinski definition) is 2. The fraction of sp³-hybridized carbons (Fsp3) is 0.500. The Morgan fingerprint density at radius 3 is 2.63 bits per heavy atom. The third-order valence-corrected chi connectivity index (χ3v) is 3.31. The Bertz CT molecular complexity index is 498. The zero-order valence-electron chi connectivity index (χ0n) is 11.6. The predicted molar refractivity (Wildman–Crippen MR) is 72.4 cm³/mol. The SMILES string of the molecule is Cc1cc2c(cc1C(C)(C)CNCC(N)=O)OCO2. The summed E-state index contributed by atoms with van der Waals surface area (Å²) in [5.74, 6) is 1.23. The van der Waals surface area contributed by atoms with Gasteiger partial charge in [-0.05, 0) is 30.2 Å². The summed E-state index contributed by atoms with van der Waals surface area (Å²) in [6.07, 6.45) is 0. The molecular formula is C14H20N2O3. The number of hydrogen-bond acceptors (Lipinski definition) is 4. The summed E-state index contributed by atoms with van der Waals surface area (Å²) < 4.78 is 10.8. The Morgan fingerprint density at radius 2 is 2.00 bits per heavy atom. The van der Waals surface area contributed by atoms with Crippen molar-refractivity contribution in [1.29, 1.82) is 0 Å². The second-order valence-corrected chi connectivity index (χ2v) is 5.47. The smallest absolute Gasteiger partial charge is 0.231 e. The van der Waals surface area contributed by atoms with Gasteiger partial charge in [-0.15, -0.1) is 0 Å². The van der Waals surface area contributed by atoms with Gasteiger partial charge in [0, 0.05) is 12.0 Å². The van der Waals surface area contributed by atoms with Crippen molar-refractivity contribution in [2.75, 3.05) is 19.9 Å². The van der Waals surface area contributed by atoms with Gasteiger partial charge in [0.2, 0.25) is 12.7 Å². The van der Waals surface area contributed by atoms with Crippen LogP contribution in [0, 0.1) is 6.92 Å². The first-order valence-corrected chi connectivity index (χ1v) is 6.30. The van der Waals surface area contributed by atoms with E-state index in [2.05, 4.69) is 19.2 Å². The Kier molecular flexibility index (Phi) is 3.66. The van der Waals surface area contributed by atoms with Crippen molar-refractivity contribution in [2.45, 2.75) is 26.2 Å². The Hall–Kier alpha value is -1.75. The Labute approximate surface area is 113 Å². The molecule has 19 heavy (non-hydrogen) atoms. The molecule has 1 amide bonds. The quantitative estimate of drug-likeness (QED) is 0.834. The molecule has 1 heterocycles. The van der Waals surface area contributed by atoms with Gasteiger partial charge in [-0.25, -0.2) is 0 Å². The van der Waals surface area contributed by atoms with Crippen LogP contribution in [0.1, 0.15) is 25.0 Å². The summed E-state index contributed by atoms with van der Waals surface area (Å²) in [5, 5.41) is 3.07. The molecule has 0 saturated carbocycles. The molecular weight excluding hydrogens is 244 g/mol. The maximum atomic E-state index is 10.8. The molecule has 0 atom stereocenters. The van der Waals surface area contributed by atoms with Gasteiger partial charge in [0.1, 0.15) is 0 Å². The third-order valence-electron chi connectivity index (χ3n) is 3.31. The molecule has 0 spiro atoms. The van der Waals surface area contributed by atoms with E-state index in [1.54, 1.807) is 0 Å². The molecule has 0 radical (unpaired) electrons. The molecule has 0 unspecified atom stereocenters. The van der Waals surface area contributed by atoms with Crippen molar-refractivity contribution < 1.29 is 14.3 Å². The first-order valence-electron chi connectivity index (χ1n) is 6.30. The van der Waals surface area contributed by atoms with Crippen molar-refractivity contribution in [3.05, 3.63) is 23.3 Å². The summed E-state index contributed by atoms with van der Waals surface area (Å²) in [5.41, 5.74) is 7.32. The van der Waals surface area contributed by atoms with Crippen molar-refractivity contribution in [3.63, 3.8) is 0 Å². The van der Waals surface area contributed by atoms with E-state index >= 15 is 0 Å². The minimum Gasteiger partial charge on any atom is -0.454 e. The summed E-state index contributed by atoms with van der Waals surface area (Å²) in [6.45, 7) is 7.41. The minimum atomic E-state index is -0.349. The van der Waals surface area contributed by atoms with Crippen LogP contribution in [0.2, 0.25) is 0 Å². The van der Waals surface area contributed by atoms with Crippen LogP contribution in [0.5, 0.6) is 11.5 Å². The van der Waals surface area contributed by atoms with Crippen LogP contribution in [0.4, 0.5) is 0 Å². The lowest BCUT2D eigenvalue weighted by molar-refractivity contribution is -0.117. The highest BCUT2D eigenvalue weighted by Gasteiger charge is 2.26. The molecule has 2 rings (SSSR count). The molecule has 0 aliphatic carbocycles. The molecule has 5 nitrogen and oxygen atoms in total. The van der Waals surface area contributed by atoms with Gasteiger partial charge < -0.3 is 20.5 Å². The Balaban J connectivity index is 2.17. The van der Waals surface area contributed by atoms with E-state index < -0.39 is 0 Å². The molecule has 0 bridgehead atoms. The molecule has 1 aliphatic heterocycles. The number of primary amides is 1. The van der Waals surface area contributed by atoms with Crippen LogP contribution in [-0.4, -0.2) is 25.8 Å². The molecule has 0 fully saturated rings. The van der Waals surface area contributed by atoms with Crippen molar-refractivity contribution in [2.24, 2.45) is 5.73 Å². The van der Waals surface area contributed by atoms with Gasteiger partial charge in [0.15, 0.2) is 11.5 Å². The summed E-state index contributed by atoms with van der Waals surface area (Å²) in [4.78, 5) is 10.8. The predicted octanol–water partition coefficient (Wildman–Crippen LogP) is 1.08. The van der Waals surface area contributed by atoms with Crippen LogP contribution in [0.3, 0.4) is 0 Å². The van der Waals surface area contributed by atoms with Crippen molar-refractivity contribution >= 4 is 5.91 Å². The van der Waals surface area contributed by atoms with Gasteiger partial charge in [0.25, 0.3) is 0 Å². The largest absolute Gasteiger partial charge is 0.454 e. The maximum absolute atomic E-state index is 10.8. The van der Waals surface area contributed by atoms with Gasteiger partial charge in [-0.2, -0.15) is 0 Å². The fourth-order valence-corrected chi connectivity index (χ4v) is 2.37. The standard InChI is InChI=1S/C14H20N2O3/c1-9-4-11-12(19-8-18-11)5-10(9)14(2,3)7-16-6-13(15)17/h4-5,16H,6-8H2,1-3H3,(H2,15,17). The van der Waals surface area contributed by atoms with E-state index in [1.807, 2.05) is 19.1 Å². The monoisotopic (exact) mass is 264 g/mol. The lowest BCUT2D eigenvalue weighted by atomic mass is 9.81. The van der Waals surface area contributed by atoms with E-state index in [4.69, 9.17) is 15.2 Å². The molecule has 104 valence electrons. The molecule has 3 N–H and O–H groups in total. The zero-order chi connectivity index (χ0) is 14.0.